The van der Waals surface area contributed by atoms with Crippen LogP contribution in [-0.4, -0.2) is 50.4 Å². The molecule has 11 heteroatoms. The lowest BCUT2D eigenvalue weighted by Crippen LogP contribution is -2.56. The molecule has 4 aromatic rings. The third-order valence-electron chi connectivity index (χ3n) is 7.12. The van der Waals surface area contributed by atoms with Crippen LogP contribution in [0.15, 0.2) is 108 Å². The molecule has 0 radical (unpaired) electrons. The zero-order chi connectivity index (χ0) is 33.5. The van der Waals surface area contributed by atoms with Crippen molar-refractivity contribution in [2.75, 3.05) is 18.0 Å². The maximum Gasteiger partial charge on any atom is 0.264 e. The van der Waals surface area contributed by atoms with Gasteiger partial charge in [-0.05, 0) is 62.7 Å². The Balaban J connectivity index is 1.87. The number of sulfonamides is 1. The van der Waals surface area contributed by atoms with Crippen LogP contribution >= 0.6 is 23.2 Å². The van der Waals surface area contributed by atoms with E-state index in [9.17, 15) is 18.0 Å². The van der Waals surface area contributed by atoms with E-state index in [1.807, 2.05) is 51.1 Å². The van der Waals surface area contributed by atoms with Crippen molar-refractivity contribution >= 4 is 50.7 Å². The first-order chi connectivity index (χ1) is 21.8. The number of hydrogen-bond acceptors (Lipinski definition) is 5. The minimum atomic E-state index is -4.28. The molecule has 0 aliphatic rings. The van der Waals surface area contributed by atoms with Crippen molar-refractivity contribution in [2.24, 2.45) is 0 Å². The number of carbonyl (C=O) groups is 2. The van der Waals surface area contributed by atoms with E-state index in [0.29, 0.717) is 15.6 Å². The molecule has 2 amide bonds. The summed E-state index contributed by atoms with van der Waals surface area (Å²) in [4.78, 5) is 30.0. The largest absolute Gasteiger partial charge is 0.495 e. The molecule has 0 saturated carbocycles. The van der Waals surface area contributed by atoms with Crippen LogP contribution in [0.1, 0.15) is 31.9 Å². The van der Waals surface area contributed by atoms with Crippen molar-refractivity contribution in [2.45, 2.75) is 50.2 Å². The molecule has 4 aromatic carbocycles. The van der Waals surface area contributed by atoms with Gasteiger partial charge in [0.15, 0.2) is 0 Å². The average Bonchev–Trinajstić information content (AvgIpc) is 3.02. The van der Waals surface area contributed by atoms with Gasteiger partial charge in [-0.25, -0.2) is 8.42 Å². The molecule has 0 saturated heterocycles. The number of methoxy groups -OCH3 is 1. The van der Waals surface area contributed by atoms with E-state index in [0.717, 1.165) is 9.87 Å². The summed E-state index contributed by atoms with van der Waals surface area (Å²) < 4.78 is 34.9. The van der Waals surface area contributed by atoms with Crippen molar-refractivity contribution in [1.29, 1.82) is 0 Å². The van der Waals surface area contributed by atoms with Crippen LogP contribution in [0.4, 0.5) is 5.69 Å². The van der Waals surface area contributed by atoms with Gasteiger partial charge in [-0.2, -0.15) is 0 Å². The van der Waals surface area contributed by atoms with Crippen LogP contribution in [0.25, 0.3) is 0 Å². The number of anilines is 1. The Labute approximate surface area is 280 Å². The summed E-state index contributed by atoms with van der Waals surface area (Å²) in [6, 6.07) is 27.6. The number of carbonyl (C=O) groups excluding carboxylic acids is 2. The van der Waals surface area contributed by atoms with Crippen molar-refractivity contribution in [3.05, 3.63) is 124 Å². The molecule has 0 aliphatic carbocycles. The summed E-state index contributed by atoms with van der Waals surface area (Å²) in [5.74, 6) is -0.809. The van der Waals surface area contributed by atoms with E-state index >= 15 is 0 Å². The molecular weight excluding hydrogens is 645 g/mol. The molecule has 0 aromatic heterocycles. The Kier molecular flexibility index (Phi) is 11.4. The number of halogens is 2. The molecule has 1 N–H and O–H groups in total. The number of nitrogens with one attached hydrogen (secondary N) is 1. The SMILES string of the molecule is COc1ccccc1N(CC(=O)N(Cc1c(Cl)cccc1Cl)[C@@H](Cc1ccccc1)C(=O)NC(C)(C)C)S(=O)(=O)c1ccccc1. The lowest BCUT2D eigenvalue weighted by molar-refractivity contribution is -0.140. The first kappa shape index (κ1) is 34.8. The van der Waals surface area contributed by atoms with Crippen LogP contribution < -0.4 is 14.4 Å². The second kappa shape index (κ2) is 15.0. The molecule has 0 heterocycles. The van der Waals surface area contributed by atoms with Crippen molar-refractivity contribution in [1.82, 2.24) is 10.2 Å². The van der Waals surface area contributed by atoms with Crippen LogP contribution in [0, 0.1) is 0 Å². The van der Waals surface area contributed by atoms with Crippen LogP contribution in [0.5, 0.6) is 5.75 Å². The molecule has 46 heavy (non-hydrogen) atoms. The Morgan fingerprint density at radius 3 is 1.98 bits per heavy atom. The summed E-state index contributed by atoms with van der Waals surface area (Å²) >= 11 is 13.2. The summed E-state index contributed by atoms with van der Waals surface area (Å²) in [6.45, 7) is 4.73. The standard InChI is InChI=1S/C35H37Cl2N3O5S/c1-35(2,3)38-34(42)31(22-25-14-7-5-8-15-25)39(23-27-28(36)18-13-19-29(27)37)33(41)24-40(30-20-11-12-21-32(30)45-4)46(43,44)26-16-9-6-10-17-26/h5-21,31H,22-24H2,1-4H3,(H,38,42)/t31-/m0/s1. The number of nitrogens with zero attached hydrogens (tertiary/aromatic N) is 2. The molecule has 1 atom stereocenters. The quantitative estimate of drug-likeness (QED) is 0.178. The fourth-order valence-electron chi connectivity index (χ4n) is 4.93. The van der Waals surface area contributed by atoms with E-state index in [-0.39, 0.29) is 29.3 Å². The Hall–Kier alpha value is -4.05. The second-order valence-corrected chi connectivity index (χ2v) is 14.3. The number of benzene rings is 4. The van der Waals surface area contributed by atoms with Gasteiger partial charge in [-0.1, -0.05) is 89.9 Å². The topological polar surface area (TPSA) is 96.0 Å². The summed E-state index contributed by atoms with van der Waals surface area (Å²) in [5, 5.41) is 3.61. The van der Waals surface area contributed by atoms with Gasteiger partial charge in [0.1, 0.15) is 18.3 Å². The minimum absolute atomic E-state index is 0.0132. The molecule has 0 fully saturated rings. The highest BCUT2D eigenvalue weighted by Crippen LogP contribution is 2.33. The van der Waals surface area contributed by atoms with Crippen LogP contribution in [-0.2, 0) is 32.6 Å². The van der Waals surface area contributed by atoms with Gasteiger partial charge in [0, 0.05) is 34.1 Å². The van der Waals surface area contributed by atoms with E-state index in [4.69, 9.17) is 27.9 Å². The third-order valence-corrected chi connectivity index (χ3v) is 9.61. The predicted molar refractivity (Wildman–Crippen MR) is 183 cm³/mol. The molecule has 0 aliphatic heterocycles. The number of para-hydroxylation sites is 2. The van der Waals surface area contributed by atoms with E-state index < -0.39 is 40.0 Å². The maximum atomic E-state index is 14.6. The van der Waals surface area contributed by atoms with Gasteiger partial charge in [0.25, 0.3) is 10.0 Å². The first-order valence-corrected chi connectivity index (χ1v) is 16.8. The van der Waals surface area contributed by atoms with Gasteiger partial charge >= 0.3 is 0 Å². The van der Waals surface area contributed by atoms with E-state index in [1.54, 1.807) is 60.7 Å². The van der Waals surface area contributed by atoms with Gasteiger partial charge < -0.3 is 15.0 Å². The fourth-order valence-corrected chi connectivity index (χ4v) is 6.89. The first-order valence-electron chi connectivity index (χ1n) is 14.6. The Morgan fingerprint density at radius 1 is 0.826 bits per heavy atom. The minimum Gasteiger partial charge on any atom is -0.495 e. The van der Waals surface area contributed by atoms with Gasteiger partial charge in [-0.15, -0.1) is 0 Å². The zero-order valence-corrected chi connectivity index (χ0v) is 28.4. The van der Waals surface area contributed by atoms with E-state index in [2.05, 4.69) is 5.32 Å². The highest BCUT2D eigenvalue weighted by atomic mass is 35.5. The molecule has 0 bridgehead atoms. The lowest BCUT2D eigenvalue weighted by Gasteiger charge is -2.35. The number of amides is 2. The highest BCUT2D eigenvalue weighted by molar-refractivity contribution is 7.92. The predicted octanol–water partition coefficient (Wildman–Crippen LogP) is 6.75. The monoisotopic (exact) mass is 681 g/mol. The molecule has 0 spiro atoms. The normalized spacial score (nSPS) is 12.2. The highest BCUT2D eigenvalue weighted by Gasteiger charge is 2.36. The Bertz CT molecular complexity index is 1740. The van der Waals surface area contributed by atoms with E-state index in [1.165, 1.54) is 24.1 Å². The summed E-state index contributed by atoms with van der Waals surface area (Å²) in [5.41, 5.74) is 0.772. The lowest BCUT2D eigenvalue weighted by atomic mass is 10.0. The second-order valence-electron chi connectivity index (χ2n) is 11.7. The zero-order valence-electron chi connectivity index (χ0n) is 26.1. The molecule has 242 valence electrons. The third kappa shape index (κ3) is 8.60. The van der Waals surface area contributed by atoms with Gasteiger partial charge in [0.2, 0.25) is 11.8 Å². The fraction of sp³-hybridized carbons (Fsp3) is 0.257. The van der Waals surface area contributed by atoms with Crippen LogP contribution in [0.3, 0.4) is 0 Å². The molecular formula is C35H37Cl2N3O5S. The summed E-state index contributed by atoms with van der Waals surface area (Å²) in [7, 11) is -2.86. The molecule has 0 unspecified atom stereocenters. The Morgan fingerprint density at radius 2 is 1.39 bits per heavy atom. The number of rotatable bonds is 12. The maximum absolute atomic E-state index is 14.6. The van der Waals surface area contributed by atoms with Crippen LogP contribution in [0.2, 0.25) is 10.0 Å². The average molecular weight is 683 g/mol. The smallest absolute Gasteiger partial charge is 0.264 e. The van der Waals surface area contributed by atoms with Gasteiger partial charge in [0.05, 0.1) is 17.7 Å². The molecule has 4 rings (SSSR count). The summed E-state index contributed by atoms with van der Waals surface area (Å²) in [6.07, 6.45) is 0.149. The number of hydrogen-bond donors (Lipinski definition) is 1. The van der Waals surface area contributed by atoms with Gasteiger partial charge in [-0.3, -0.25) is 13.9 Å². The molecule has 8 nitrogen and oxygen atoms in total. The van der Waals surface area contributed by atoms with Crippen molar-refractivity contribution in [3.63, 3.8) is 0 Å². The number of ether oxygens (including phenoxy) is 1. The van der Waals surface area contributed by atoms with Crippen molar-refractivity contribution < 1.29 is 22.7 Å². The van der Waals surface area contributed by atoms with Crippen molar-refractivity contribution in [3.8, 4) is 5.75 Å².